The Balaban J connectivity index is 1.69. The van der Waals surface area contributed by atoms with Gasteiger partial charge in [-0.05, 0) is 38.8 Å². The van der Waals surface area contributed by atoms with Crippen molar-refractivity contribution in [3.63, 3.8) is 0 Å². The highest BCUT2D eigenvalue weighted by molar-refractivity contribution is 5.74. The number of piperidine rings is 1. The van der Waals surface area contributed by atoms with Crippen molar-refractivity contribution in [3.8, 4) is 0 Å². The summed E-state index contributed by atoms with van der Waals surface area (Å²) in [6.07, 6.45) is 6.45. The number of carbonyl (C=O) groups is 1. The van der Waals surface area contributed by atoms with Gasteiger partial charge in [0.15, 0.2) is 0 Å². The number of rotatable bonds is 7. The maximum absolute atomic E-state index is 12.3. The molecule has 1 N–H and O–H groups in total. The van der Waals surface area contributed by atoms with E-state index in [0.29, 0.717) is 19.0 Å². The predicted molar refractivity (Wildman–Crippen MR) is 94.5 cm³/mol. The number of hydrogen-bond acceptors (Lipinski definition) is 4. The molecule has 6 heteroatoms. The number of hydrogen-bond donors (Lipinski definition) is 1. The van der Waals surface area contributed by atoms with Crippen molar-refractivity contribution in [1.29, 1.82) is 0 Å². The number of nitrogens with one attached hydrogen (secondary N) is 1. The second kappa shape index (κ2) is 9.06. The topological polar surface area (TPSA) is 61.6 Å². The quantitative estimate of drug-likeness (QED) is 0.831. The Bertz CT molecular complexity index is 505. The summed E-state index contributed by atoms with van der Waals surface area (Å²) in [6, 6.07) is 0.00877. The molecule has 0 saturated carbocycles. The van der Waals surface area contributed by atoms with Crippen LogP contribution in [-0.2, 0) is 13.1 Å². The van der Waals surface area contributed by atoms with Crippen molar-refractivity contribution in [2.45, 2.75) is 52.6 Å². The van der Waals surface area contributed by atoms with Gasteiger partial charge in [-0.2, -0.15) is 0 Å². The summed E-state index contributed by atoms with van der Waals surface area (Å²) in [5.41, 5.74) is 0.770. The fourth-order valence-corrected chi connectivity index (χ4v) is 3.04. The van der Waals surface area contributed by atoms with E-state index in [1.54, 1.807) is 6.26 Å². The van der Waals surface area contributed by atoms with Gasteiger partial charge in [-0.15, -0.1) is 0 Å². The molecular formula is C18H32N4O2. The average Bonchev–Trinajstić information content (AvgIpc) is 2.97. The maximum Gasteiger partial charge on any atom is 0.317 e. The zero-order valence-corrected chi connectivity index (χ0v) is 15.5. The van der Waals surface area contributed by atoms with Crippen molar-refractivity contribution in [2.75, 3.05) is 27.2 Å². The highest BCUT2D eigenvalue weighted by Crippen LogP contribution is 2.23. The van der Waals surface area contributed by atoms with Gasteiger partial charge in [-0.3, -0.25) is 0 Å². The van der Waals surface area contributed by atoms with E-state index in [1.165, 1.54) is 12.8 Å². The number of urea groups is 1. The molecule has 1 aliphatic rings. The minimum Gasteiger partial charge on any atom is -0.447 e. The number of likely N-dealkylation sites (tertiary alicyclic amines) is 1. The van der Waals surface area contributed by atoms with Gasteiger partial charge in [0.25, 0.3) is 0 Å². The molecule has 0 bridgehead atoms. The minimum atomic E-state index is 0.00877. The fraction of sp³-hybridized carbons (Fsp3) is 0.778. The van der Waals surface area contributed by atoms with Crippen LogP contribution in [0.4, 0.5) is 4.79 Å². The standard InChI is InChI=1S/C18H32N4O2/c1-14(2)5-6-15-7-9-22(10-8-15)18(23)19-11-16-13-24-17(20-16)12-21(3)4/h13-15H,5-12H2,1-4H3,(H,19,23). The van der Waals surface area contributed by atoms with Crippen LogP contribution in [0.25, 0.3) is 0 Å². The van der Waals surface area contributed by atoms with Gasteiger partial charge < -0.3 is 19.5 Å². The van der Waals surface area contributed by atoms with Gasteiger partial charge in [0.1, 0.15) is 6.26 Å². The summed E-state index contributed by atoms with van der Waals surface area (Å²) in [5.74, 6) is 2.22. The fourth-order valence-electron chi connectivity index (χ4n) is 3.04. The van der Waals surface area contributed by atoms with Crippen LogP contribution in [0, 0.1) is 11.8 Å². The van der Waals surface area contributed by atoms with E-state index < -0.39 is 0 Å². The van der Waals surface area contributed by atoms with E-state index in [1.807, 2.05) is 23.9 Å². The third-order valence-electron chi connectivity index (χ3n) is 4.53. The molecule has 2 amide bonds. The largest absolute Gasteiger partial charge is 0.447 e. The molecule has 0 aliphatic carbocycles. The van der Waals surface area contributed by atoms with Gasteiger partial charge in [-0.1, -0.05) is 26.7 Å². The SMILES string of the molecule is CC(C)CCC1CCN(C(=O)NCc2coc(CN(C)C)n2)CC1. The second-order valence-electron chi connectivity index (χ2n) is 7.53. The van der Waals surface area contributed by atoms with Crippen molar-refractivity contribution >= 4 is 6.03 Å². The highest BCUT2D eigenvalue weighted by atomic mass is 16.3. The number of amides is 2. The molecule has 1 saturated heterocycles. The van der Waals surface area contributed by atoms with Crippen molar-refractivity contribution in [2.24, 2.45) is 11.8 Å². The summed E-state index contributed by atoms with van der Waals surface area (Å²) in [4.78, 5) is 20.6. The molecule has 0 unspecified atom stereocenters. The summed E-state index contributed by atoms with van der Waals surface area (Å²) < 4.78 is 5.40. The molecule has 0 radical (unpaired) electrons. The molecule has 2 rings (SSSR count). The molecular weight excluding hydrogens is 304 g/mol. The number of nitrogens with zero attached hydrogens (tertiary/aromatic N) is 3. The van der Waals surface area contributed by atoms with E-state index in [4.69, 9.17) is 4.42 Å². The van der Waals surface area contributed by atoms with Crippen LogP contribution in [0.2, 0.25) is 0 Å². The normalized spacial score (nSPS) is 16.2. The average molecular weight is 336 g/mol. The Morgan fingerprint density at radius 2 is 2.12 bits per heavy atom. The van der Waals surface area contributed by atoms with E-state index in [0.717, 1.165) is 43.5 Å². The molecule has 0 atom stereocenters. The van der Waals surface area contributed by atoms with E-state index in [-0.39, 0.29) is 6.03 Å². The number of oxazole rings is 1. The smallest absolute Gasteiger partial charge is 0.317 e. The first kappa shape index (κ1) is 18.8. The number of carbonyl (C=O) groups excluding carboxylic acids is 1. The Morgan fingerprint density at radius 1 is 1.42 bits per heavy atom. The monoisotopic (exact) mass is 336 g/mol. The molecule has 2 heterocycles. The van der Waals surface area contributed by atoms with Crippen molar-refractivity contribution in [3.05, 3.63) is 17.8 Å². The van der Waals surface area contributed by atoms with Crippen LogP contribution < -0.4 is 5.32 Å². The van der Waals surface area contributed by atoms with Crippen LogP contribution in [0.5, 0.6) is 0 Å². The first-order valence-electron chi connectivity index (χ1n) is 9.04. The Morgan fingerprint density at radius 3 is 2.75 bits per heavy atom. The van der Waals surface area contributed by atoms with Gasteiger partial charge >= 0.3 is 6.03 Å². The highest BCUT2D eigenvalue weighted by Gasteiger charge is 2.22. The van der Waals surface area contributed by atoms with Crippen LogP contribution in [-0.4, -0.2) is 48.0 Å². The van der Waals surface area contributed by atoms with Crippen molar-refractivity contribution < 1.29 is 9.21 Å². The molecule has 0 aromatic carbocycles. The van der Waals surface area contributed by atoms with Crippen LogP contribution in [0.15, 0.2) is 10.7 Å². The Labute approximate surface area is 145 Å². The predicted octanol–water partition coefficient (Wildman–Crippen LogP) is 3.09. The summed E-state index contributed by atoms with van der Waals surface area (Å²) in [7, 11) is 3.94. The van der Waals surface area contributed by atoms with E-state index >= 15 is 0 Å². The number of aromatic nitrogens is 1. The van der Waals surface area contributed by atoms with Gasteiger partial charge in [0.2, 0.25) is 5.89 Å². The Hall–Kier alpha value is -1.56. The summed E-state index contributed by atoms with van der Waals surface area (Å²) in [6.45, 7) is 7.35. The maximum atomic E-state index is 12.3. The Kier molecular flexibility index (Phi) is 7.09. The molecule has 1 aliphatic heterocycles. The summed E-state index contributed by atoms with van der Waals surface area (Å²) >= 11 is 0. The van der Waals surface area contributed by atoms with Gasteiger partial charge in [0.05, 0.1) is 18.8 Å². The molecule has 6 nitrogen and oxygen atoms in total. The van der Waals surface area contributed by atoms with E-state index in [9.17, 15) is 4.79 Å². The third-order valence-corrected chi connectivity index (χ3v) is 4.53. The first-order valence-corrected chi connectivity index (χ1v) is 9.04. The molecule has 1 aromatic heterocycles. The molecule has 24 heavy (non-hydrogen) atoms. The summed E-state index contributed by atoms with van der Waals surface area (Å²) in [5, 5.41) is 2.95. The van der Waals surface area contributed by atoms with Crippen molar-refractivity contribution in [1.82, 2.24) is 20.1 Å². The lowest BCUT2D eigenvalue weighted by Crippen LogP contribution is -2.44. The zero-order valence-electron chi connectivity index (χ0n) is 15.5. The zero-order chi connectivity index (χ0) is 17.5. The lowest BCUT2D eigenvalue weighted by Gasteiger charge is -2.32. The van der Waals surface area contributed by atoms with Crippen LogP contribution in [0.3, 0.4) is 0 Å². The van der Waals surface area contributed by atoms with E-state index in [2.05, 4.69) is 24.1 Å². The second-order valence-corrected chi connectivity index (χ2v) is 7.53. The molecule has 1 aromatic rings. The van der Waals surface area contributed by atoms with Crippen LogP contribution in [0.1, 0.15) is 51.1 Å². The van der Waals surface area contributed by atoms with Gasteiger partial charge in [0, 0.05) is 13.1 Å². The molecule has 0 spiro atoms. The van der Waals surface area contributed by atoms with Crippen LogP contribution >= 0.6 is 0 Å². The lowest BCUT2D eigenvalue weighted by atomic mass is 9.90. The molecule has 136 valence electrons. The minimum absolute atomic E-state index is 0.00877. The van der Waals surface area contributed by atoms with Gasteiger partial charge in [-0.25, -0.2) is 9.78 Å². The lowest BCUT2D eigenvalue weighted by molar-refractivity contribution is 0.165. The first-order chi connectivity index (χ1) is 11.4. The molecule has 1 fully saturated rings. The third kappa shape index (κ3) is 6.15.